The number of nitrogens with one attached hydrogen (secondary N) is 2. The van der Waals surface area contributed by atoms with E-state index in [0.717, 1.165) is 10.2 Å². The second-order valence-electron chi connectivity index (χ2n) is 6.48. The van der Waals surface area contributed by atoms with Crippen molar-refractivity contribution in [1.82, 2.24) is 10.6 Å². The second-order valence-corrected chi connectivity index (χ2v) is 7.40. The number of benzene rings is 1. The van der Waals surface area contributed by atoms with Crippen molar-refractivity contribution < 1.29 is 14.3 Å². The smallest absolute Gasteiger partial charge is 0.242 e. The lowest BCUT2D eigenvalue weighted by Crippen LogP contribution is -2.50. The molecule has 0 heterocycles. The summed E-state index contributed by atoms with van der Waals surface area (Å²) in [6, 6.07) is 7.00. The van der Waals surface area contributed by atoms with Crippen LogP contribution in [0.5, 0.6) is 5.75 Å². The molecule has 1 rings (SSSR count). The molecule has 134 valence electrons. The molecule has 0 aromatic heterocycles. The van der Waals surface area contributed by atoms with E-state index < -0.39 is 6.04 Å². The van der Waals surface area contributed by atoms with E-state index in [0.29, 0.717) is 19.6 Å². The van der Waals surface area contributed by atoms with Crippen LogP contribution in [0.1, 0.15) is 34.1 Å². The molecule has 2 amide bonds. The number of hydrogen-bond acceptors (Lipinski definition) is 3. The van der Waals surface area contributed by atoms with E-state index >= 15 is 0 Å². The van der Waals surface area contributed by atoms with Crippen LogP contribution in [0.4, 0.5) is 0 Å². The Morgan fingerprint density at radius 3 is 2.50 bits per heavy atom. The molecule has 6 heteroatoms. The van der Waals surface area contributed by atoms with E-state index in [4.69, 9.17) is 4.74 Å². The number of hydrogen-bond donors (Lipinski definition) is 2. The SMILES string of the molecule is CC(C)CC(=O)NC(C(=O)NCCOc1cccc(Br)c1)C(C)C. The molecule has 0 saturated carbocycles. The molecule has 24 heavy (non-hydrogen) atoms. The van der Waals surface area contributed by atoms with Crippen molar-refractivity contribution in [2.75, 3.05) is 13.2 Å². The van der Waals surface area contributed by atoms with Crippen LogP contribution in [-0.2, 0) is 9.59 Å². The maximum Gasteiger partial charge on any atom is 0.242 e. The van der Waals surface area contributed by atoms with Gasteiger partial charge < -0.3 is 15.4 Å². The average Bonchev–Trinajstić information content (AvgIpc) is 2.48. The van der Waals surface area contributed by atoms with Gasteiger partial charge in [0.15, 0.2) is 0 Å². The van der Waals surface area contributed by atoms with E-state index in [-0.39, 0.29) is 23.7 Å². The molecule has 0 bridgehead atoms. The molecule has 0 saturated heterocycles. The van der Waals surface area contributed by atoms with Gasteiger partial charge in [0, 0.05) is 10.9 Å². The van der Waals surface area contributed by atoms with Crippen molar-refractivity contribution in [3.8, 4) is 5.75 Å². The van der Waals surface area contributed by atoms with Crippen LogP contribution in [0.3, 0.4) is 0 Å². The lowest BCUT2D eigenvalue weighted by atomic mass is 10.0. The molecule has 0 aliphatic rings. The lowest BCUT2D eigenvalue weighted by molar-refractivity contribution is -0.130. The first-order chi connectivity index (χ1) is 11.3. The number of amides is 2. The van der Waals surface area contributed by atoms with Gasteiger partial charge in [-0.15, -0.1) is 0 Å². The molecular weight excluding hydrogens is 372 g/mol. The minimum absolute atomic E-state index is 0.0205. The molecule has 0 radical (unpaired) electrons. The van der Waals surface area contributed by atoms with E-state index in [1.165, 1.54) is 0 Å². The van der Waals surface area contributed by atoms with Crippen molar-refractivity contribution in [3.63, 3.8) is 0 Å². The summed E-state index contributed by atoms with van der Waals surface area (Å²) in [5.74, 6) is 0.750. The fourth-order valence-corrected chi connectivity index (χ4v) is 2.53. The van der Waals surface area contributed by atoms with Crippen LogP contribution >= 0.6 is 15.9 Å². The Morgan fingerprint density at radius 2 is 1.92 bits per heavy atom. The second kappa shape index (κ2) is 10.3. The summed E-state index contributed by atoms with van der Waals surface area (Å²) in [5.41, 5.74) is 0. The highest BCUT2D eigenvalue weighted by Gasteiger charge is 2.23. The summed E-state index contributed by atoms with van der Waals surface area (Å²) < 4.78 is 6.52. The maximum atomic E-state index is 12.3. The Kier molecular flexibility index (Phi) is 8.82. The van der Waals surface area contributed by atoms with Crippen LogP contribution in [0.25, 0.3) is 0 Å². The number of ether oxygens (including phenoxy) is 1. The monoisotopic (exact) mass is 398 g/mol. The van der Waals surface area contributed by atoms with Crippen LogP contribution in [0.2, 0.25) is 0 Å². The molecule has 0 fully saturated rings. The summed E-state index contributed by atoms with van der Waals surface area (Å²) >= 11 is 3.38. The fraction of sp³-hybridized carbons (Fsp3) is 0.556. The first-order valence-electron chi connectivity index (χ1n) is 8.25. The van der Waals surface area contributed by atoms with Gasteiger partial charge in [0.25, 0.3) is 0 Å². The molecule has 2 N–H and O–H groups in total. The van der Waals surface area contributed by atoms with E-state index in [1.807, 2.05) is 52.0 Å². The van der Waals surface area contributed by atoms with Crippen molar-refractivity contribution in [1.29, 1.82) is 0 Å². The van der Waals surface area contributed by atoms with Crippen molar-refractivity contribution in [2.45, 2.75) is 40.2 Å². The van der Waals surface area contributed by atoms with Crippen LogP contribution < -0.4 is 15.4 Å². The summed E-state index contributed by atoms with van der Waals surface area (Å²) in [5, 5.41) is 5.63. The third kappa shape index (κ3) is 7.81. The van der Waals surface area contributed by atoms with Crippen molar-refractivity contribution in [2.24, 2.45) is 11.8 Å². The zero-order valence-electron chi connectivity index (χ0n) is 14.8. The highest BCUT2D eigenvalue weighted by atomic mass is 79.9. The summed E-state index contributed by atoms with van der Waals surface area (Å²) in [4.78, 5) is 24.2. The number of rotatable bonds is 9. The van der Waals surface area contributed by atoms with E-state index in [9.17, 15) is 9.59 Å². The zero-order chi connectivity index (χ0) is 18.1. The van der Waals surface area contributed by atoms with E-state index in [2.05, 4.69) is 26.6 Å². The van der Waals surface area contributed by atoms with Crippen molar-refractivity contribution >= 4 is 27.7 Å². The molecule has 0 aliphatic heterocycles. The zero-order valence-corrected chi connectivity index (χ0v) is 16.4. The van der Waals surface area contributed by atoms with E-state index in [1.54, 1.807) is 0 Å². The molecule has 1 aromatic carbocycles. The summed E-state index contributed by atoms with van der Waals surface area (Å²) in [7, 11) is 0. The molecule has 1 atom stereocenters. The highest BCUT2D eigenvalue weighted by molar-refractivity contribution is 9.10. The van der Waals surface area contributed by atoms with Gasteiger partial charge in [-0.05, 0) is 30.0 Å². The number of carbonyl (C=O) groups excluding carboxylic acids is 2. The Bertz CT molecular complexity index is 547. The van der Waals surface area contributed by atoms with Gasteiger partial charge in [0.2, 0.25) is 11.8 Å². The Labute approximate surface area is 152 Å². The van der Waals surface area contributed by atoms with Gasteiger partial charge in [-0.2, -0.15) is 0 Å². The predicted octanol–water partition coefficient (Wildman–Crippen LogP) is 3.13. The number of carbonyl (C=O) groups is 2. The minimum atomic E-state index is -0.526. The molecular formula is C18H27BrN2O3. The molecule has 1 aromatic rings. The average molecular weight is 399 g/mol. The molecule has 1 unspecified atom stereocenters. The predicted molar refractivity (Wildman–Crippen MR) is 98.9 cm³/mol. The van der Waals surface area contributed by atoms with Gasteiger partial charge in [0.05, 0.1) is 6.54 Å². The maximum absolute atomic E-state index is 12.3. The van der Waals surface area contributed by atoms with Crippen LogP contribution in [0, 0.1) is 11.8 Å². The molecule has 0 aliphatic carbocycles. The third-order valence-electron chi connectivity index (χ3n) is 3.33. The first-order valence-corrected chi connectivity index (χ1v) is 9.04. The largest absolute Gasteiger partial charge is 0.492 e. The first kappa shape index (κ1) is 20.5. The third-order valence-corrected chi connectivity index (χ3v) is 3.82. The summed E-state index contributed by atoms with van der Waals surface area (Å²) in [6.07, 6.45) is 0.419. The van der Waals surface area contributed by atoms with Gasteiger partial charge in [0.1, 0.15) is 18.4 Å². The standard InChI is InChI=1S/C18H27BrN2O3/c1-12(2)10-16(22)21-17(13(3)4)18(23)20-8-9-24-15-7-5-6-14(19)11-15/h5-7,11-13,17H,8-10H2,1-4H3,(H,20,23)(H,21,22). The van der Waals surface area contributed by atoms with Crippen LogP contribution in [0.15, 0.2) is 28.7 Å². The Balaban J connectivity index is 2.41. The minimum Gasteiger partial charge on any atom is -0.492 e. The normalized spacial score (nSPS) is 12.1. The molecule has 0 spiro atoms. The van der Waals surface area contributed by atoms with Gasteiger partial charge in [-0.1, -0.05) is 49.7 Å². The van der Waals surface area contributed by atoms with Crippen LogP contribution in [-0.4, -0.2) is 31.0 Å². The quantitative estimate of drug-likeness (QED) is 0.627. The highest BCUT2D eigenvalue weighted by Crippen LogP contribution is 2.17. The molecule has 5 nitrogen and oxygen atoms in total. The van der Waals surface area contributed by atoms with Gasteiger partial charge in [-0.25, -0.2) is 0 Å². The Morgan fingerprint density at radius 1 is 1.21 bits per heavy atom. The summed E-state index contributed by atoms with van der Waals surface area (Å²) in [6.45, 7) is 8.53. The van der Waals surface area contributed by atoms with Gasteiger partial charge >= 0.3 is 0 Å². The Hall–Kier alpha value is -1.56. The van der Waals surface area contributed by atoms with Crippen molar-refractivity contribution in [3.05, 3.63) is 28.7 Å². The fourth-order valence-electron chi connectivity index (χ4n) is 2.15. The van der Waals surface area contributed by atoms with Gasteiger partial charge in [-0.3, -0.25) is 9.59 Å². The lowest BCUT2D eigenvalue weighted by Gasteiger charge is -2.22. The topological polar surface area (TPSA) is 67.4 Å². The number of halogens is 1.